The Morgan fingerprint density at radius 1 is 1.25 bits per heavy atom. The van der Waals surface area contributed by atoms with E-state index in [-0.39, 0.29) is 29.0 Å². The number of hydrogen-bond donors (Lipinski definition) is 2. The van der Waals surface area contributed by atoms with Crippen LogP contribution in [-0.2, 0) is 0 Å². The first-order valence-corrected chi connectivity index (χ1v) is 9.36. The minimum Gasteiger partial charge on any atom is -0.507 e. The maximum atomic E-state index is 14.6. The van der Waals surface area contributed by atoms with Crippen molar-refractivity contribution in [1.82, 2.24) is 25.5 Å². The van der Waals surface area contributed by atoms with Crippen LogP contribution in [0, 0.1) is 0 Å². The third-order valence-electron chi connectivity index (χ3n) is 5.74. The number of nitrogens with zero attached hydrogens (tertiary/aromatic N) is 4. The molecule has 2 aliphatic rings. The van der Waals surface area contributed by atoms with Crippen molar-refractivity contribution in [2.75, 3.05) is 0 Å². The van der Waals surface area contributed by atoms with E-state index in [0.29, 0.717) is 12.0 Å². The van der Waals surface area contributed by atoms with Crippen molar-refractivity contribution in [2.45, 2.75) is 50.0 Å². The number of hydrogen-bond acceptors (Lipinski definition) is 7. The van der Waals surface area contributed by atoms with Gasteiger partial charge in [-0.1, -0.05) is 0 Å². The molecule has 0 saturated carbocycles. The van der Waals surface area contributed by atoms with Gasteiger partial charge in [-0.05, 0) is 43.4 Å². The molecular formula is C20H20FN5O2. The summed E-state index contributed by atoms with van der Waals surface area (Å²) in [7, 11) is 0. The van der Waals surface area contributed by atoms with Crippen LogP contribution in [0.25, 0.3) is 22.2 Å². The topological polar surface area (TPSA) is 93.0 Å². The third kappa shape index (κ3) is 2.93. The number of ether oxygens (including phenoxy) is 1. The van der Waals surface area contributed by atoms with E-state index in [9.17, 15) is 9.50 Å². The van der Waals surface area contributed by atoms with Crippen molar-refractivity contribution >= 4 is 10.8 Å². The summed E-state index contributed by atoms with van der Waals surface area (Å²) in [5, 5.41) is 23.5. The van der Waals surface area contributed by atoms with Crippen molar-refractivity contribution in [1.29, 1.82) is 0 Å². The van der Waals surface area contributed by atoms with E-state index in [1.807, 2.05) is 6.07 Å². The second-order valence-corrected chi connectivity index (χ2v) is 7.87. The molecule has 2 aromatic heterocycles. The summed E-state index contributed by atoms with van der Waals surface area (Å²) in [6.45, 7) is 2.10. The van der Waals surface area contributed by atoms with E-state index in [4.69, 9.17) is 4.74 Å². The number of pyridine rings is 1. The lowest BCUT2D eigenvalue weighted by molar-refractivity contribution is 0.0231. The molecule has 0 aliphatic carbocycles. The number of aromatic nitrogens is 4. The molecular weight excluding hydrogens is 361 g/mol. The van der Waals surface area contributed by atoms with Gasteiger partial charge in [0.1, 0.15) is 11.9 Å². The fraction of sp³-hybridized carbons (Fsp3) is 0.400. The van der Waals surface area contributed by atoms with Crippen LogP contribution in [0.5, 0.6) is 11.6 Å². The second-order valence-electron chi connectivity index (χ2n) is 7.87. The molecule has 5 rings (SSSR count). The summed E-state index contributed by atoms with van der Waals surface area (Å²) >= 11 is 0. The smallest absolute Gasteiger partial charge is 0.252 e. The lowest BCUT2D eigenvalue weighted by atomic mass is 9.90. The maximum absolute atomic E-state index is 14.6. The van der Waals surface area contributed by atoms with Crippen LogP contribution < -0.4 is 10.1 Å². The number of fused-ring (bicyclic) bond motifs is 3. The molecule has 1 aromatic carbocycles. The molecule has 2 fully saturated rings. The Labute approximate surface area is 161 Å². The zero-order valence-electron chi connectivity index (χ0n) is 15.3. The van der Waals surface area contributed by atoms with Crippen LogP contribution in [-0.4, -0.2) is 49.1 Å². The summed E-state index contributed by atoms with van der Waals surface area (Å²) in [5.41, 5.74) is 0.373. The molecule has 0 amide bonds. The summed E-state index contributed by atoms with van der Waals surface area (Å²) in [6, 6.07) is 5.07. The molecule has 3 aromatic rings. The van der Waals surface area contributed by atoms with E-state index in [1.165, 1.54) is 6.20 Å². The average molecular weight is 381 g/mol. The molecule has 144 valence electrons. The van der Waals surface area contributed by atoms with Gasteiger partial charge in [-0.25, -0.2) is 9.37 Å². The fourth-order valence-electron chi connectivity index (χ4n) is 4.29. The normalized spacial score (nSPS) is 29.1. The van der Waals surface area contributed by atoms with Gasteiger partial charge in [0.2, 0.25) is 0 Å². The largest absolute Gasteiger partial charge is 0.507 e. The van der Waals surface area contributed by atoms with Crippen LogP contribution in [0.2, 0.25) is 0 Å². The van der Waals surface area contributed by atoms with E-state index < -0.39 is 12.3 Å². The number of alkyl halides is 1. The first kappa shape index (κ1) is 17.2. The standard InChI is InChI=1S/C20H20FN5O2/c1-20-4-2-14(24-20)18(21)16(8-20)28-17-10-23-19(26-25-17)13-6-11-3-5-22-9-12(11)7-15(13)27/h3,5-7,9-10,14,16,18,24,27H,2,4,8H2,1H3/t14-,16+,18+,20+/m1/s1. The van der Waals surface area contributed by atoms with E-state index in [0.717, 1.165) is 23.6 Å². The number of aromatic hydroxyl groups is 1. The molecule has 4 heterocycles. The van der Waals surface area contributed by atoms with Gasteiger partial charge in [0.05, 0.1) is 11.8 Å². The lowest BCUT2D eigenvalue weighted by Gasteiger charge is -2.38. The highest BCUT2D eigenvalue weighted by Gasteiger charge is 2.49. The Bertz CT molecular complexity index is 1030. The predicted molar refractivity (Wildman–Crippen MR) is 101 cm³/mol. The SMILES string of the molecule is C[C@@]12CC[C@@H](N1)[C@H](F)[C@@H](Oc1cnc(-c3cc4ccncc4cc3O)nn1)C2. The van der Waals surface area contributed by atoms with Crippen molar-refractivity contribution < 1.29 is 14.2 Å². The molecule has 2 N–H and O–H groups in total. The Balaban J connectivity index is 1.38. The van der Waals surface area contributed by atoms with Crippen LogP contribution in [0.4, 0.5) is 4.39 Å². The molecule has 2 bridgehead atoms. The molecule has 28 heavy (non-hydrogen) atoms. The second kappa shape index (κ2) is 6.34. The molecule has 2 saturated heterocycles. The molecule has 0 unspecified atom stereocenters. The number of phenolic OH excluding ortho intramolecular Hbond substituents is 1. The molecule has 0 radical (unpaired) electrons. The summed E-state index contributed by atoms with van der Waals surface area (Å²) in [4.78, 5) is 8.31. The number of benzene rings is 1. The van der Waals surface area contributed by atoms with E-state index in [2.05, 4.69) is 32.4 Å². The highest BCUT2D eigenvalue weighted by molar-refractivity contribution is 5.88. The Hall–Kier alpha value is -2.87. The lowest BCUT2D eigenvalue weighted by Crippen LogP contribution is -2.57. The minimum absolute atomic E-state index is 0.0441. The predicted octanol–water partition coefficient (Wildman–Crippen LogP) is 2.79. The van der Waals surface area contributed by atoms with Crippen LogP contribution in [0.15, 0.2) is 36.8 Å². The van der Waals surface area contributed by atoms with Gasteiger partial charge < -0.3 is 15.2 Å². The van der Waals surface area contributed by atoms with Crippen LogP contribution >= 0.6 is 0 Å². The van der Waals surface area contributed by atoms with E-state index >= 15 is 0 Å². The third-order valence-corrected chi connectivity index (χ3v) is 5.74. The van der Waals surface area contributed by atoms with Crippen LogP contribution in [0.3, 0.4) is 0 Å². The fourth-order valence-corrected chi connectivity index (χ4v) is 4.29. The highest BCUT2D eigenvalue weighted by atomic mass is 19.1. The minimum atomic E-state index is -1.09. The van der Waals surface area contributed by atoms with Crippen molar-refractivity contribution in [3.8, 4) is 23.0 Å². The van der Waals surface area contributed by atoms with Crippen LogP contribution in [0.1, 0.15) is 26.2 Å². The van der Waals surface area contributed by atoms with Gasteiger partial charge in [-0.2, -0.15) is 0 Å². The van der Waals surface area contributed by atoms with Gasteiger partial charge >= 0.3 is 0 Å². The van der Waals surface area contributed by atoms with Gasteiger partial charge in [-0.3, -0.25) is 4.98 Å². The van der Waals surface area contributed by atoms with Crippen molar-refractivity contribution in [3.63, 3.8) is 0 Å². The number of halogens is 1. The summed E-state index contributed by atoms with van der Waals surface area (Å²) in [6.07, 6.45) is 5.46. The molecule has 8 heteroatoms. The number of piperidine rings is 1. The average Bonchev–Trinajstić information content (AvgIpc) is 3.04. The maximum Gasteiger partial charge on any atom is 0.252 e. The first-order valence-electron chi connectivity index (χ1n) is 9.36. The van der Waals surface area contributed by atoms with Gasteiger partial charge in [0.15, 0.2) is 12.0 Å². The molecule has 2 aliphatic heterocycles. The van der Waals surface area contributed by atoms with E-state index in [1.54, 1.807) is 24.5 Å². The van der Waals surface area contributed by atoms with Crippen molar-refractivity contribution in [3.05, 3.63) is 36.8 Å². The number of phenols is 1. The Morgan fingerprint density at radius 2 is 2.14 bits per heavy atom. The van der Waals surface area contributed by atoms with Gasteiger partial charge in [0, 0.05) is 35.8 Å². The zero-order valence-corrected chi connectivity index (χ0v) is 15.3. The quantitative estimate of drug-likeness (QED) is 0.721. The number of rotatable bonds is 3. The van der Waals surface area contributed by atoms with Crippen molar-refractivity contribution in [2.24, 2.45) is 0 Å². The first-order chi connectivity index (χ1) is 13.5. The molecule has 0 spiro atoms. The Kier molecular flexibility index (Phi) is 3.90. The molecule has 7 nitrogen and oxygen atoms in total. The zero-order chi connectivity index (χ0) is 19.3. The monoisotopic (exact) mass is 381 g/mol. The highest BCUT2D eigenvalue weighted by Crippen LogP contribution is 2.38. The Morgan fingerprint density at radius 3 is 2.96 bits per heavy atom. The summed E-state index contributed by atoms with van der Waals surface area (Å²) in [5.74, 6) is 0.506. The number of nitrogens with one attached hydrogen (secondary N) is 1. The summed E-state index contributed by atoms with van der Waals surface area (Å²) < 4.78 is 20.4. The van der Waals surface area contributed by atoms with Gasteiger partial charge in [-0.15, -0.1) is 10.2 Å². The van der Waals surface area contributed by atoms with Gasteiger partial charge in [0.25, 0.3) is 5.88 Å². The molecule has 4 atom stereocenters.